The number of ether oxygens (including phenoxy) is 1. The van der Waals surface area contributed by atoms with Gasteiger partial charge in [-0.15, -0.1) is 0 Å². The van der Waals surface area contributed by atoms with E-state index in [1.807, 2.05) is 18.2 Å². The Morgan fingerprint density at radius 1 is 1.61 bits per heavy atom. The van der Waals surface area contributed by atoms with Crippen LogP contribution in [0.15, 0.2) is 24.8 Å². The minimum Gasteiger partial charge on any atom is -0.367 e. The van der Waals surface area contributed by atoms with Crippen molar-refractivity contribution in [2.45, 2.75) is 38.9 Å². The third-order valence-electron chi connectivity index (χ3n) is 2.61. The molecule has 1 unspecified atom stereocenters. The van der Waals surface area contributed by atoms with Crippen LogP contribution in [0.3, 0.4) is 0 Å². The maximum atomic E-state index is 11.2. The quantitative estimate of drug-likeness (QED) is 0.767. The van der Waals surface area contributed by atoms with Gasteiger partial charge in [-0.3, -0.25) is 9.78 Å². The summed E-state index contributed by atoms with van der Waals surface area (Å²) < 4.78 is 5.52. The smallest absolute Gasteiger partial charge is 0.246 e. The molecular formula is C14H20N2O2. The largest absolute Gasteiger partial charge is 0.367 e. The molecule has 0 spiro atoms. The molecule has 0 aliphatic heterocycles. The van der Waals surface area contributed by atoms with Crippen LogP contribution in [0.1, 0.15) is 37.6 Å². The van der Waals surface area contributed by atoms with E-state index in [1.165, 1.54) is 0 Å². The van der Waals surface area contributed by atoms with E-state index in [2.05, 4.69) is 18.5 Å². The normalized spacial score (nSPS) is 12.1. The van der Waals surface area contributed by atoms with Gasteiger partial charge in [0, 0.05) is 0 Å². The Kier molecular flexibility index (Phi) is 6.08. The van der Waals surface area contributed by atoms with Crippen molar-refractivity contribution in [2.75, 3.05) is 0 Å². The number of primary amides is 1. The van der Waals surface area contributed by atoms with Crippen molar-refractivity contribution in [3.05, 3.63) is 36.2 Å². The van der Waals surface area contributed by atoms with Crippen molar-refractivity contribution >= 4 is 12.0 Å². The fourth-order valence-electron chi connectivity index (χ4n) is 1.58. The monoisotopic (exact) mass is 248 g/mol. The van der Waals surface area contributed by atoms with Gasteiger partial charge in [-0.2, -0.15) is 0 Å². The third kappa shape index (κ3) is 4.67. The SMILES string of the molecule is C=Cc1cccc(COC(CCCC)C(N)=O)n1. The summed E-state index contributed by atoms with van der Waals surface area (Å²) in [6.07, 6.45) is 3.74. The zero-order valence-corrected chi connectivity index (χ0v) is 10.8. The maximum absolute atomic E-state index is 11.2. The molecule has 1 aromatic rings. The average Bonchev–Trinajstić information content (AvgIpc) is 2.38. The number of hydrogen-bond acceptors (Lipinski definition) is 3. The molecule has 0 aliphatic rings. The van der Waals surface area contributed by atoms with Crippen LogP contribution in [0, 0.1) is 0 Å². The molecule has 0 aliphatic carbocycles. The standard InChI is InChI=1S/C14H20N2O2/c1-3-5-9-13(14(15)17)18-10-12-8-6-7-11(4-2)16-12/h4,6-8,13H,2-3,5,9-10H2,1H3,(H2,15,17). The van der Waals surface area contributed by atoms with Gasteiger partial charge in [0.05, 0.1) is 18.0 Å². The van der Waals surface area contributed by atoms with Crippen LogP contribution in [0.4, 0.5) is 0 Å². The van der Waals surface area contributed by atoms with E-state index in [0.717, 1.165) is 24.2 Å². The number of unbranched alkanes of at least 4 members (excludes halogenated alkanes) is 1. The van der Waals surface area contributed by atoms with Gasteiger partial charge in [-0.25, -0.2) is 0 Å². The molecule has 0 aromatic carbocycles. The van der Waals surface area contributed by atoms with Crippen molar-refractivity contribution in [3.8, 4) is 0 Å². The number of hydrogen-bond donors (Lipinski definition) is 1. The lowest BCUT2D eigenvalue weighted by Crippen LogP contribution is -2.31. The predicted octanol–water partition coefficient (Wildman–Crippen LogP) is 2.29. The van der Waals surface area contributed by atoms with Crippen LogP contribution in [0.5, 0.6) is 0 Å². The van der Waals surface area contributed by atoms with E-state index in [4.69, 9.17) is 10.5 Å². The van der Waals surface area contributed by atoms with Gasteiger partial charge in [0.1, 0.15) is 6.10 Å². The highest BCUT2D eigenvalue weighted by Gasteiger charge is 2.15. The van der Waals surface area contributed by atoms with Gasteiger partial charge in [0.2, 0.25) is 5.91 Å². The Morgan fingerprint density at radius 2 is 2.39 bits per heavy atom. The van der Waals surface area contributed by atoms with Gasteiger partial charge >= 0.3 is 0 Å². The van der Waals surface area contributed by atoms with Crippen LogP contribution in [0.2, 0.25) is 0 Å². The lowest BCUT2D eigenvalue weighted by molar-refractivity contribution is -0.130. The highest BCUT2D eigenvalue weighted by Crippen LogP contribution is 2.08. The van der Waals surface area contributed by atoms with E-state index in [9.17, 15) is 4.79 Å². The molecule has 1 heterocycles. The summed E-state index contributed by atoms with van der Waals surface area (Å²) in [5, 5.41) is 0. The molecule has 18 heavy (non-hydrogen) atoms. The highest BCUT2D eigenvalue weighted by molar-refractivity contribution is 5.78. The first-order valence-corrected chi connectivity index (χ1v) is 6.16. The number of nitrogens with zero attached hydrogens (tertiary/aromatic N) is 1. The van der Waals surface area contributed by atoms with Crippen LogP contribution in [0.25, 0.3) is 6.08 Å². The lowest BCUT2D eigenvalue weighted by atomic mass is 10.1. The van der Waals surface area contributed by atoms with Gasteiger partial charge in [-0.05, 0) is 24.6 Å². The Balaban J connectivity index is 2.55. The summed E-state index contributed by atoms with van der Waals surface area (Å²) in [6, 6.07) is 5.60. The molecule has 98 valence electrons. The van der Waals surface area contributed by atoms with Crippen molar-refractivity contribution in [1.82, 2.24) is 4.98 Å². The molecule has 2 N–H and O–H groups in total. The molecule has 1 amide bonds. The fraction of sp³-hybridized carbons (Fsp3) is 0.429. The van der Waals surface area contributed by atoms with Crippen LogP contribution in [-0.4, -0.2) is 17.0 Å². The lowest BCUT2D eigenvalue weighted by Gasteiger charge is -2.13. The summed E-state index contributed by atoms with van der Waals surface area (Å²) in [5.41, 5.74) is 6.86. The number of aromatic nitrogens is 1. The first-order valence-electron chi connectivity index (χ1n) is 6.16. The van der Waals surface area contributed by atoms with E-state index in [0.29, 0.717) is 13.0 Å². The zero-order valence-electron chi connectivity index (χ0n) is 10.8. The average molecular weight is 248 g/mol. The molecule has 0 saturated carbocycles. The van der Waals surface area contributed by atoms with Gasteiger partial charge < -0.3 is 10.5 Å². The summed E-state index contributed by atoms with van der Waals surface area (Å²) in [4.78, 5) is 15.5. The predicted molar refractivity (Wildman–Crippen MR) is 71.6 cm³/mol. The fourth-order valence-corrected chi connectivity index (χ4v) is 1.58. The van der Waals surface area contributed by atoms with Crippen molar-refractivity contribution < 1.29 is 9.53 Å². The van der Waals surface area contributed by atoms with E-state index in [-0.39, 0.29) is 0 Å². The summed E-state index contributed by atoms with van der Waals surface area (Å²) in [5.74, 6) is -0.414. The number of carbonyl (C=O) groups excluding carboxylic acids is 1. The minimum atomic E-state index is -0.529. The first kappa shape index (κ1) is 14.4. The second kappa shape index (κ2) is 7.61. The second-order valence-corrected chi connectivity index (χ2v) is 4.10. The molecule has 0 fully saturated rings. The van der Waals surface area contributed by atoms with E-state index < -0.39 is 12.0 Å². The third-order valence-corrected chi connectivity index (χ3v) is 2.61. The number of carbonyl (C=O) groups is 1. The van der Waals surface area contributed by atoms with Crippen molar-refractivity contribution in [2.24, 2.45) is 5.73 Å². The van der Waals surface area contributed by atoms with Gasteiger partial charge in [0.25, 0.3) is 0 Å². The molecule has 0 radical (unpaired) electrons. The van der Waals surface area contributed by atoms with Crippen LogP contribution < -0.4 is 5.73 Å². The molecule has 1 aromatic heterocycles. The molecule has 1 atom stereocenters. The molecule has 4 heteroatoms. The number of pyridine rings is 1. The molecule has 4 nitrogen and oxygen atoms in total. The van der Waals surface area contributed by atoms with Crippen LogP contribution >= 0.6 is 0 Å². The van der Waals surface area contributed by atoms with Crippen LogP contribution in [-0.2, 0) is 16.1 Å². The molecule has 0 saturated heterocycles. The number of amides is 1. The van der Waals surface area contributed by atoms with Gasteiger partial charge in [-0.1, -0.05) is 32.4 Å². The van der Waals surface area contributed by atoms with Crippen molar-refractivity contribution in [3.63, 3.8) is 0 Å². The zero-order chi connectivity index (χ0) is 13.4. The molecular weight excluding hydrogens is 228 g/mol. The van der Waals surface area contributed by atoms with E-state index >= 15 is 0 Å². The Labute approximate surface area is 108 Å². The number of rotatable bonds is 8. The van der Waals surface area contributed by atoms with Gasteiger partial charge in [0.15, 0.2) is 0 Å². The first-order chi connectivity index (χ1) is 8.67. The van der Waals surface area contributed by atoms with Crippen molar-refractivity contribution in [1.29, 1.82) is 0 Å². The molecule has 1 rings (SSSR count). The summed E-state index contributed by atoms with van der Waals surface area (Å²) >= 11 is 0. The highest BCUT2D eigenvalue weighted by atomic mass is 16.5. The minimum absolute atomic E-state index is 0.291. The summed E-state index contributed by atoms with van der Waals surface area (Å²) in [6.45, 7) is 6.01. The maximum Gasteiger partial charge on any atom is 0.246 e. The Morgan fingerprint density at radius 3 is 3.00 bits per heavy atom. The Hall–Kier alpha value is -1.68. The number of nitrogens with two attached hydrogens (primary N) is 1. The topological polar surface area (TPSA) is 65.2 Å². The molecule has 0 bridgehead atoms. The van der Waals surface area contributed by atoms with E-state index in [1.54, 1.807) is 6.08 Å². The summed E-state index contributed by atoms with van der Waals surface area (Å²) in [7, 11) is 0. The Bertz CT molecular complexity index is 405. The second-order valence-electron chi connectivity index (χ2n) is 4.10.